The number of pyridine rings is 1. The van der Waals surface area contributed by atoms with E-state index in [0.29, 0.717) is 0 Å². The summed E-state index contributed by atoms with van der Waals surface area (Å²) < 4.78 is 22.4. The topological polar surface area (TPSA) is 48.4 Å². The Morgan fingerprint density at radius 1 is 1.57 bits per heavy atom. The molecule has 0 unspecified atom stereocenters. The molecule has 0 aliphatic carbocycles. The van der Waals surface area contributed by atoms with Crippen molar-refractivity contribution in [2.45, 2.75) is 6.42 Å². The Hall–Kier alpha value is -1.65. The SMILES string of the molecule is COC(=O)Cc1c(F)ccnc1OC. The third-order valence-electron chi connectivity index (χ3n) is 1.70. The first-order valence-electron chi connectivity index (χ1n) is 3.93. The molecule has 0 saturated heterocycles. The number of ether oxygens (including phenoxy) is 2. The molecule has 0 saturated carbocycles. The van der Waals surface area contributed by atoms with Crippen LogP contribution in [0.5, 0.6) is 5.88 Å². The molecule has 1 aromatic rings. The van der Waals surface area contributed by atoms with Gasteiger partial charge in [-0.2, -0.15) is 0 Å². The van der Waals surface area contributed by atoms with Crippen LogP contribution in [0.15, 0.2) is 12.3 Å². The van der Waals surface area contributed by atoms with Crippen LogP contribution in [0.4, 0.5) is 4.39 Å². The third-order valence-corrected chi connectivity index (χ3v) is 1.70. The summed E-state index contributed by atoms with van der Waals surface area (Å²) in [6, 6.07) is 1.17. The predicted octanol–water partition coefficient (Wildman–Crippen LogP) is 0.945. The summed E-state index contributed by atoms with van der Waals surface area (Å²) in [5.74, 6) is -0.951. The van der Waals surface area contributed by atoms with E-state index in [1.807, 2.05) is 0 Å². The number of aromatic nitrogens is 1. The minimum Gasteiger partial charge on any atom is -0.481 e. The van der Waals surface area contributed by atoms with Gasteiger partial charge < -0.3 is 9.47 Å². The molecule has 14 heavy (non-hydrogen) atoms. The monoisotopic (exact) mass is 199 g/mol. The molecule has 0 N–H and O–H groups in total. The summed E-state index contributed by atoms with van der Waals surface area (Å²) in [6.45, 7) is 0. The van der Waals surface area contributed by atoms with Gasteiger partial charge in [0.1, 0.15) is 5.82 Å². The summed E-state index contributed by atoms with van der Waals surface area (Å²) in [7, 11) is 2.60. The van der Waals surface area contributed by atoms with Gasteiger partial charge in [0.15, 0.2) is 0 Å². The van der Waals surface area contributed by atoms with E-state index in [-0.39, 0.29) is 17.9 Å². The van der Waals surface area contributed by atoms with E-state index in [4.69, 9.17) is 4.74 Å². The fraction of sp³-hybridized carbons (Fsp3) is 0.333. The number of esters is 1. The molecule has 1 rings (SSSR count). The Bertz CT molecular complexity index is 341. The highest BCUT2D eigenvalue weighted by atomic mass is 19.1. The van der Waals surface area contributed by atoms with Crippen LogP contribution in [-0.4, -0.2) is 25.2 Å². The van der Waals surface area contributed by atoms with Crippen LogP contribution in [0.2, 0.25) is 0 Å². The second-order valence-corrected chi connectivity index (χ2v) is 2.53. The van der Waals surface area contributed by atoms with Crippen molar-refractivity contribution in [3.63, 3.8) is 0 Å². The Morgan fingerprint density at radius 2 is 2.29 bits per heavy atom. The van der Waals surface area contributed by atoms with E-state index in [2.05, 4.69) is 9.72 Å². The number of rotatable bonds is 3. The minimum atomic E-state index is -0.532. The van der Waals surface area contributed by atoms with Crippen LogP contribution in [0.25, 0.3) is 0 Å². The number of carbonyl (C=O) groups is 1. The number of halogens is 1. The van der Waals surface area contributed by atoms with Crippen LogP contribution in [0, 0.1) is 5.82 Å². The van der Waals surface area contributed by atoms with E-state index in [1.165, 1.54) is 26.5 Å². The van der Waals surface area contributed by atoms with Gasteiger partial charge in [0.05, 0.1) is 26.2 Å². The quantitative estimate of drug-likeness (QED) is 0.680. The average Bonchev–Trinajstić information content (AvgIpc) is 2.20. The van der Waals surface area contributed by atoms with Gasteiger partial charge in [-0.15, -0.1) is 0 Å². The lowest BCUT2D eigenvalue weighted by Crippen LogP contribution is -2.08. The van der Waals surface area contributed by atoms with Gasteiger partial charge in [0.2, 0.25) is 5.88 Å². The lowest BCUT2D eigenvalue weighted by molar-refractivity contribution is -0.139. The minimum absolute atomic E-state index is 0.107. The van der Waals surface area contributed by atoms with E-state index in [9.17, 15) is 9.18 Å². The maximum Gasteiger partial charge on any atom is 0.310 e. The van der Waals surface area contributed by atoms with Crippen LogP contribution in [-0.2, 0) is 16.0 Å². The smallest absolute Gasteiger partial charge is 0.310 e. The molecule has 0 aliphatic rings. The first-order valence-corrected chi connectivity index (χ1v) is 3.93. The average molecular weight is 199 g/mol. The molecule has 5 heteroatoms. The predicted molar refractivity (Wildman–Crippen MR) is 46.5 cm³/mol. The third kappa shape index (κ3) is 2.18. The van der Waals surface area contributed by atoms with Crippen molar-refractivity contribution in [1.82, 2.24) is 4.98 Å². The van der Waals surface area contributed by atoms with Gasteiger partial charge >= 0.3 is 5.97 Å². The lowest BCUT2D eigenvalue weighted by Gasteiger charge is -2.06. The highest BCUT2D eigenvalue weighted by molar-refractivity contribution is 5.73. The maximum absolute atomic E-state index is 13.2. The molecular formula is C9H10FNO3. The number of nitrogens with zero attached hydrogens (tertiary/aromatic N) is 1. The molecule has 0 aliphatic heterocycles. The van der Waals surface area contributed by atoms with Crippen molar-refractivity contribution in [2.75, 3.05) is 14.2 Å². The van der Waals surface area contributed by atoms with Crippen molar-refractivity contribution in [1.29, 1.82) is 0 Å². The molecule has 0 fully saturated rings. The standard InChI is InChI=1S/C9H10FNO3/c1-13-8(12)5-6-7(10)3-4-11-9(6)14-2/h3-4H,5H2,1-2H3. The van der Waals surface area contributed by atoms with Crippen molar-refractivity contribution in [3.8, 4) is 5.88 Å². The normalized spacial score (nSPS) is 9.64. The highest BCUT2D eigenvalue weighted by Crippen LogP contribution is 2.18. The summed E-state index contributed by atoms with van der Waals surface area (Å²) in [5, 5.41) is 0. The van der Waals surface area contributed by atoms with Gasteiger partial charge in [0, 0.05) is 6.20 Å². The summed E-state index contributed by atoms with van der Waals surface area (Å²) in [5.41, 5.74) is 0.113. The second kappa shape index (κ2) is 4.55. The fourth-order valence-corrected chi connectivity index (χ4v) is 1.00. The Balaban J connectivity index is 2.98. The molecule has 0 amide bonds. The summed E-state index contributed by atoms with van der Waals surface area (Å²) in [6.07, 6.45) is 1.09. The van der Waals surface area contributed by atoms with Crippen LogP contribution in [0.1, 0.15) is 5.56 Å². The molecular weight excluding hydrogens is 189 g/mol. The Labute approximate surface area is 80.7 Å². The first kappa shape index (κ1) is 10.4. The summed E-state index contributed by atoms with van der Waals surface area (Å²) >= 11 is 0. The maximum atomic E-state index is 13.2. The Morgan fingerprint density at radius 3 is 2.86 bits per heavy atom. The second-order valence-electron chi connectivity index (χ2n) is 2.53. The number of hydrogen-bond donors (Lipinski definition) is 0. The van der Waals surface area contributed by atoms with Crippen LogP contribution >= 0.6 is 0 Å². The van der Waals surface area contributed by atoms with Gasteiger partial charge in [-0.05, 0) is 6.07 Å². The van der Waals surface area contributed by atoms with E-state index < -0.39 is 11.8 Å². The largest absolute Gasteiger partial charge is 0.481 e. The lowest BCUT2D eigenvalue weighted by atomic mass is 10.2. The molecule has 0 radical (unpaired) electrons. The number of carbonyl (C=O) groups excluding carboxylic acids is 1. The zero-order valence-corrected chi connectivity index (χ0v) is 7.91. The zero-order valence-electron chi connectivity index (χ0n) is 7.91. The van der Waals surface area contributed by atoms with Gasteiger partial charge in [-0.3, -0.25) is 4.79 Å². The fourth-order valence-electron chi connectivity index (χ4n) is 1.00. The van der Waals surface area contributed by atoms with E-state index in [1.54, 1.807) is 0 Å². The number of hydrogen-bond acceptors (Lipinski definition) is 4. The Kier molecular flexibility index (Phi) is 3.39. The molecule has 0 spiro atoms. The van der Waals surface area contributed by atoms with E-state index in [0.717, 1.165) is 0 Å². The molecule has 0 aromatic carbocycles. The van der Waals surface area contributed by atoms with Crippen molar-refractivity contribution in [3.05, 3.63) is 23.6 Å². The molecule has 4 nitrogen and oxygen atoms in total. The molecule has 0 atom stereocenters. The number of methoxy groups -OCH3 is 2. The van der Waals surface area contributed by atoms with Crippen LogP contribution in [0.3, 0.4) is 0 Å². The zero-order chi connectivity index (χ0) is 10.6. The molecule has 76 valence electrons. The van der Waals surface area contributed by atoms with E-state index >= 15 is 0 Å². The molecule has 1 heterocycles. The molecule has 1 aromatic heterocycles. The molecule has 0 bridgehead atoms. The van der Waals surface area contributed by atoms with Crippen molar-refractivity contribution in [2.24, 2.45) is 0 Å². The first-order chi connectivity index (χ1) is 6.69. The van der Waals surface area contributed by atoms with Gasteiger partial charge in [0.25, 0.3) is 0 Å². The van der Waals surface area contributed by atoms with Crippen molar-refractivity contribution < 1.29 is 18.7 Å². The highest BCUT2D eigenvalue weighted by Gasteiger charge is 2.14. The summed E-state index contributed by atoms with van der Waals surface area (Å²) in [4.78, 5) is 14.7. The van der Waals surface area contributed by atoms with Crippen LogP contribution < -0.4 is 4.74 Å². The van der Waals surface area contributed by atoms with Crippen molar-refractivity contribution >= 4 is 5.97 Å². The van der Waals surface area contributed by atoms with Gasteiger partial charge in [-0.25, -0.2) is 9.37 Å². The van der Waals surface area contributed by atoms with Gasteiger partial charge in [-0.1, -0.05) is 0 Å².